The molecule has 1 fully saturated rings. The lowest BCUT2D eigenvalue weighted by atomic mass is 10.2. The molecule has 0 amide bonds. The molecule has 2 aromatic rings. The molecule has 0 radical (unpaired) electrons. The molecule has 0 aromatic carbocycles. The minimum absolute atomic E-state index is 0.344. The van der Waals surface area contributed by atoms with Crippen LogP contribution in [-0.2, 0) is 0 Å². The fourth-order valence-electron chi connectivity index (χ4n) is 2.47. The van der Waals surface area contributed by atoms with Crippen molar-refractivity contribution in [2.45, 2.75) is 19.4 Å². The average molecular weight is 280 g/mol. The molecule has 0 saturated carbocycles. The van der Waals surface area contributed by atoms with Gasteiger partial charge in [-0.3, -0.25) is 0 Å². The first-order valence-electron chi connectivity index (χ1n) is 6.91. The average Bonchev–Trinajstić information content (AvgIpc) is 2.96. The van der Waals surface area contributed by atoms with Crippen LogP contribution in [0, 0.1) is 18.3 Å². The van der Waals surface area contributed by atoms with Crippen molar-refractivity contribution in [3.8, 4) is 6.07 Å². The second kappa shape index (κ2) is 5.75. The lowest BCUT2D eigenvalue weighted by Gasteiger charge is -2.18. The van der Waals surface area contributed by atoms with Crippen LogP contribution in [0.3, 0.4) is 0 Å². The summed E-state index contributed by atoms with van der Waals surface area (Å²) in [5, 5.41) is 12.2. The van der Waals surface area contributed by atoms with Crippen molar-refractivity contribution >= 4 is 11.6 Å². The number of aryl methyl sites for hydroxylation is 1. The van der Waals surface area contributed by atoms with Crippen LogP contribution in [0.1, 0.15) is 17.7 Å². The third-order valence-corrected chi connectivity index (χ3v) is 3.55. The van der Waals surface area contributed by atoms with E-state index in [0.717, 1.165) is 36.8 Å². The molecule has 3 rings (SSSR count). The van der Waals surface area contributed by atoms with Crippen LogP contribution >= 0.6 is 0 Å². The number of anilines is 2. The second-order valence-electron chi connectivity index (χ2n) is 5.14. The number of hydrogen-bond donors (Lipinski definition) is 1. The van der Waals surface area contributed by atoms with E-state index in [4.69, 9.17) is 5.26 Å². The zero-order valence-electron chi connectivity index (χ0n) is 11.8. The Hall–Kier alpha value is -2.68. The molecular formula is C15H16N6. The van der Waals surface area contributed by atoms with Gasteiger partial charge in [0.15, 0.2) is 0 Å². The van der Waals surface area contributed by atoms with E-state index in [2.05, 4.69) is 31.2 Å². The molecule has 3 heterocycles. The minimum atomic E-state index is 0.344. The van der Waals surface area contributed by atoms with E-state index >= 15 is 0 Å². The summed E-state index contributed by atoms with van der Waals surface area (Å²) in [6, 6.07) is 8.08. The van der Waals surface area contributed by atoms with Gasteiger partial charge in [0.25, 0.3) is 0 Å². The molecule has 0 aliphatic carbocycles. The quantitative estimate of drug-likeness (QED) is 0.922. The molecule has 1 aliphatic heterocycles. The second-order valence-corrected chi connectivity index (χ2v) is 5.14. The maximum absolute atomic E-state index is 8.80. The van der Waals surface area contributed by atoms with E-state index in [1.807, 2.05) is 19.1 Å². The number of nitrogens with one attached hydrogen (secondary N) is 1. The normalized spacial score (nSPS) is 17.5. The van der Waals surface area contributed by atoms with E-state index in [1.54, 1.807) is 18.6 Å². The smallest absolute Gasteiger partial charge is 0.129 e. The molecule has 1 saturated heterocycles. The standard InChI is InChI=1S/C15H16N6/c1-11-6-14(19-10-18-11)20-13-4-5-21(9-13)15-3-2-12(7-16)8-17-15/h2-3,6,8,10,13H,4-5,9H2,1H3,(H,18,19,20). The summed E-state index contributed by atoms with van der Waals surface area (Å²) in [6.45, 7) is 3.77. The maximum Gasteiger partial charge on any atom is 0.129 e. The Labute approximate surface area is 123 Å². The number of aromatic nitrogens is 3. The predicted molar refractivity (Wildman–Crippen MR) is 80.0 cm³/mol. The highest BCUT2D eigenvalue weighted by molar-refractivity contribution is 5.45. The van der Waals surface area contributed by atoms with Crippen LogP contribution in [0.15, 0.2) is 30.7 Å². The Balaban J connectivity index is 1.63. The van der Waals surface area contributed by atoms with Crippen molar-refractivity contribution in [1.29, 1.82) is 5.26 Å². The summed E-state index contributed by atoms with van der Waals surface area (Å²) >= 11 is 0. The highest BCUT2D eigenvalue weighted by Crippen LogP contribution is 2.20. The van der Waals surface area contributed by atoms with E-state index in [-0.39, 0.29) is 0 Å². The van der Waals surface area contributed by atoms with Gasteiger partial charge in [0.1, 0.15) is 24.0 Å². The van der Waals surface area contributed by atoms with Gasteiger partial charge in [0, 0.05) is 37.1 Å². The summed E-state index contributed by atoms with van der Waals surface area (Å²) in [5.74, 6) is 1.78. The first-order valence-corrected chi connectivity index (χ1v) is 6.91. The molecule has 106 valence electrons. The fourth-order valence-corrected chi connectivity index (χ4v) is 2.47. The third-order valence-electron chi connectivity index (χ3n) is 3.55. The SMILES string of the molecule is Cc1cc(NC2CCN(c3ccc(C#N)cn3)C2)ncn1. The molecule has 21 heavy (non-hydrogen) atoms. The van der Waals surface area contributed by atoms with Crippen LogP contribution in [-0.4, -0.2) is 34.1 Å². The summed E-state index contributed by atoms with van der Waals surface area (Å²) in [7, 11) is 0. The summed E-state index contributed by atoms with van der Waals surface area (Å²) in [6.07, 6.45) is 4.22. The summed E-state index contributed by atoms with van der Waals surface area (Å²) in [4.78, 5) is 14.9. The lowest BCUT2D eigenvalue weighted by molar-refractivity contribution is 0.797. The Morgan fingerprint density at radius 2 is 2.24 bits per heavy atom. The van der Waals surface area contributed by atoms with Crippen molar-refractivity contribution in [2.24, 2.45) is 0 Å². The van der Waals surface area contributed by atoms with Crippen molar-refractivity contribution in [3.63, 3.8) is 0 Å². The monoisotopic (exact) mass is 280 g/mol. The zero-order chi connectivity index (χ0) is 14.7. The van der Waals surface area contributed by atoms with Crippen molar-refractivity contribution in [3.05, 3.63) is 42.0 Å². The Morgan fingerprint density at radius 1 is 1.33 bits per heavy atom. The van der Waals surface area contributed by atoms with Crippen LogP contribution in [0.4, 0.5) is 11.6 Å². The highest BCUT2D eigenvalue weighted by atomic mass is 15.2. The molecule has 1 unspecified atom stereocenters. The summed E-state index contributed by atoms with van der Waals surface area (Å²) < 4.78 is 0. The van der Waals surface area contributed by atoms with Crippen LogP contribution < -0.4 is 10.2 Å². The molecule has 0 spiro atoms. The van der Waals surface area contributed by atoms with E-state index in [0.29, 0.717) is 11.6 Å². The first kappa shape index (κ1) is 13.3. The van der Waals surface area contributed by atoms with Crippen LogP contribution in [0.25, 0.3) is 0 Å². The third kappa shape index (κ3) is 3.08. The molecule has 0 bridgehead atoms. The van der Waals surface area contributed by atoms with Crippen molar-refractivity contribution < 1.29 is 0 Å². The van der Waals surface area contributed by atoms with Gasteiger partial charge >= 0.3 is 0 Å². The van der Waals surface area contributed by atoms with Crippen molar-refractivity contribution in [2.75, 3.05) is 23.3 Å². The van der Waals surface area contributed by atoms with Crippen LogP contribution in [0.2, 0.25) is 0 Å². The number of nitriles is 1. The highest BCUT2D eigenvalue weighted by Gasteiger charge is 2.23. The largest absolute Gasteiger partial charge is 0.365 e. The molecular weight excluding hydrogens is 264 g/mol. The fraction of sp³-hybridized carbons (Fsp3) is 0.333. The Morgan fingerprint density at radius 3 is 2.95 bits per heavy atom. The number of hydrogen-bond acceptors (Lipinski definition) is 6. The molecule has 6 heteroatoms. The lowest BCUT2D eigenvalue weighted by Crippen LogP contribution is -2.26. The van der Waals surface area contributed by atoms with E-state index < -0.39 is 0 Å². The van der Waals surface area contributed by atoms with Gasteiger partial charge in [-0.1, -0.05) is 0 Å². The molecule has 1 N–H and O–H groups in total. The van der Waals surface area contributed by atoms with E-state index in [1.165, 1.54) is 0 Å². The van der Waals surface area contributed by atoms with Gasteiger partial charge in [-0.2, -0.15) is 5.26 Å². The molecule has 2 aromatic heterocycles. The van der Waals surface area contributed by atoms with Crippen molar-refractivity contribution in [1.82, 2.24) is 15.0 Å². The molecule has 6 nitrogen and oxygen atoms in total. The van der Waals surface area contributed by atoms with Gasteiger partial charge in [-0.05, 0) is 25.5 Å². The minimum Gasteiger partial charge on any atom is -0.365 e. The van der Waals surface area contributed by atoms with Gasteiger partial charge in [-0.25, -0.2) is 15.0 Å². The topological polar surface area (TPSA) is 77.7 Å². The van der Waals surface area contributed by atoms with Gasteiger partial charge in [-0.15, -0.1) is 0 Å². The zero-order valence-corrected chi connectivity index (χ0v) is 11.8. The van der Waals surface area contributed by atoms with Crippen LogP contribution in [0.5, 0.6) is 0 Å². The van der Waals surface area contributed by atoms with Gasteiger partial charge in [0.05, 0.1) is 5.56 Å². The first-order chi connectivity index (χ1) is 10.2. The number of rotatable bonds is 3. The van der Waals surface area contributed by atoms with Gasteiger partial charge < -0.3 is 10.2 Å². The summed E-state index contributed by atoms with van der Waals surface area (Å²) in [5.41, 5.74) is 1.54. The maximum atomic E-state index is 8.80. The Bertz CT molecular complexity index is 661. The number of pyridine rings is 1. The molecule has 1 atom stereocenters. The van der Waals surface area contributed by atoms with Gasteiger partial charge in [0.2, 0.25) is 0 Å². The Kier molecular flexibility index (Phi) is 3.65. The van der Waals surface area contributed by atoms with E-state index in [9.17, 15) is 0 Å². The molecule has 1 aliphatic rings. The number of nitrogens with zero attached hydrogens (tertiary/aromatic N) is 5. The predicted octanol–water partition coefficient (Wildman–Crippen LogP) is 1.74.